The molecule has 1 amide bonds. The number of thiazole rings is 1. The normalized spacial score (nSPS) is 10.7. The Balaban J connectivity index is 0.00000507. The number of amides is 1. The second-order valence-electron chi connectivity index (χ2n) is 10.0. The maximum Gasteiger partial charge on any atom is 0.255 e. The van der Waals surface area contributed by atoms with Crippen molar-refractivity contribution < 1.29 is 31.1 Å². The molecule has 0 saturated heterocycles. The molecule has 4 nitrogen and oxygen atoms in total. The largest absolute Gasteiger partial charge is 1.00 e. The van der Waals surface area contributed by atoms with Gasteiger partial charge in [-0.05, 0) is 37.6 Å². The molecular weight excluding hydrogens is 556 g/mol. The summed E-state index contributed by atoms with van der Waals surface area (Å²) in [6, 6.07) is 15.5. The summed E-state index contributed by atoms with van der Waals surface area (Å²) in [6.45, 7) is 5.80. The van der Waals surface area contributed by atoms with Crippen molar-refractivity contribution in [3.05, 3.63) is 76.2 Å². The average molecular weight is 602 g/mol. The molecule has 0 atom stereocenters. The highest BCUT2D eigenvalue weighted by Gasteiger charge is 2.13. The van der Waals surface area contributed by atoms with Crippen molar-refractivity contribution in [1.29, 1.82) is 0 Å². The second kappa shape index (κ2) is 19.0. The molecule has 38 heavy (non-hydrogen) atoms. The van der Waals surface area contributed by atoms with Crippen LogP contribution in [0.15, 0.2) is 60.2 Å². The molecule has 208 valence electrons. The number of carbonyl (C=O) groups excluding carboxylic acids is 1. The highest BCUT2D eigenvalue weighted by atomic mass is 79.9. The maximum atomic E-state index is 13.0. The number of nitrogens with one attached hydrogen (secondary N) is 1. The Morgan fingerprint density at radius 1 is 0.868 bits per heavy atom. The molecule has 3 rings (SSSR count). The fourth-order valence-corrected chi connectivity index (χ4v) is 5.19. The van der Waals surface area contributed by atoms with E-state index < -0.39 is 0 Å². The molecule has 0 unspecified atom stereocenters. The lowest BCUT2D eigenvalue weighted by molar-refractivity contribution is -0.683. The number of para-hydroxylation sites is 1. The Kier molecular flexibility index (Phi) is 16.0. The van der Waals surface area contributed by atoms with Gasteiger partial charge in [-0.2, -0.15) is 4.57 Å². The lowest BCUT2D eigenvalue weighted by Crippen LogP contribution is -3.00. The van der Waals surface area contributed by atoms with Crippen LogP contribution in [0.5, 0.6) is 5.75 Å². The standard InChI is InChI=1S/C32H44N2O2S.BrH/c1-3-4-5-6-7-8-9-10-11-12-13-16-22-36-30-20-17-19-28(23-30)32(35)33-31-21-15-14-18-29(31)25-34-24-27(2)37-26-34;/h14-15,17-21,23-24,26H,3-13,16,22,25H2,1-2H3;1H. The van der Waals surface area contributed by atoms with Crippen LogP contribution in [-0.2, 0) is 6.54 Å². The van der Waals surface area contributed by atoms with Crippen molar-refractivity contribution in [3.63, 3.8) is 0 Å². The molecule has 1 aromatic heterocycles. The highest BCUT2D eigenvalue weighted by Crippen LogP contribution is 2.19. The summed E-state index contributed by atoms with van der Waals surface area (Å²) in [5.74, 6) is 0.642. The van der Waals surface area contributed by atoms with Crippen molar-refractivity contribution in [2.75, 3.05) is 11.9 Å². The molecule has 2 aromatic carbocycles. The number of anilines is 1. The van der Waals surface area contributed by atoms with Crippen LogP contribution in [0, 0.1) is 6.92 Å². The zero-order chi connectivity index (χ0) is 26.1. The van der Waals surface area contributed by atoms with Crippen molar-refractivity contribution >= 4 is 22.9 Å². The van der Waals surface area contributed by atoms with Gasteiger partial charge in [0.15, 0.2) is 12.7 Å². The molecule has 0 bridgehead atoms. The average Bonchev–Trinajstić information content (AvgIpc) is 3.32. The first kappa shape index (κ1) is 32.0. The highest BCUT2D eigenvalue weighted by molar-refractivity contribution is 7.09. The fourth-order valence-electron chi connectivity index (χ4n) is 4.56. The van der Waals surface area contributed by atoms with Gasteiger partial charge in [-0.3, -0.25) is 4.79 Å². The van der Waals surface area contributed by atoms with Gasteiger partial charge in [0.05, 0.1) is 17.2 Å². The summed E-state index contributed by atoms with van der Waals surface area (Å²) in [7, 11) is 0. The van der Waals surface area contributed by atoms with E-state index in [2.05, 4.69) is 41.5 Å². The summed E-state index contributed by atoms with van der Waals surface area (Å²) in [5.41, 5.74) is 4.64. The van der Waals surface area contributed by atoms with Crippen LogP contribution in [0.3, 0.4) is 0 Å². The summed E-state index contributed by atoms with van der Waals surface area (Å²) in [5, 5.41) is 3.09. The van der Waals surface area contributed by atoms with Gasteiger partial charge >= 0.3 is 0 Å². The van der Waals surface area contributed by atoms with E-state index in [1.54, 1.807) is 11.3 Å². The molecule has 0 aliphatic rings. The molecule has 0 aliphatic heterocycles. The van der Waals surface area contributed by atoms with Gasteiger partial charge in [0.25, 0.3) is 5.91 Å². The van der Waals surface area contributed by atoms with E-state index >= 15 is 0 Å². The molecule has 1 heterocycles. The Morgan fingerprint density at radius 2 is 1.53 bits per heavy atom. The second-order valence-corrected chi connectivity index (χ2v) is 11.1. The number of aromatic nitrogens is 1. The van der Waals surface area contributed by atoms with E-state index in [9.17, 15) is 4.79 Å². The van der Waals surface area contributed by atoms with E-state index in [0.29, 0.717) is 12.2 Å². The fraction of sp³-hybridized carbons (Fsp3) is 0.500. The number of rotatable bonds is 18. The van der Waals surface area contributed by atoms with Crippen molar-refractivity contribution in [1.82, 2.24) is 0 Å². The number of unbranched alkanes of at least 4 members (excludes halogenated alkanes) is 11. The zero-order valence-corrected chi connectivity index (χ0v) is 25.6. The smallest absolute Gasteiger partial charge is 0.255 e. The van der Waals surface area contributed by atoms with Crippen LogP contribution < -0.4 is 31.6 Å². The van der Waals surface area contributed by atoms with E-state index in [4.69, 9.17) is 4.74 Å². The number of hydrogen-bond donors (Lipinski definition) is 1. The lowest BCUT2D eigenvalue weighted by atomic mass is 10.1. The van der Waals surface area contributed by atoms with Crippen LogP contribution in [0.4, 0.5) is 5.69 Å². The van der Waals surface area contributed by atoms with E-state index in [-0.39, 0.29) is 22.9 Å². The van der Waals surface area contributed by atoms with E-state index in [0.717, 1.165) is 30.0 Å². The third-order valence-electron chi connectivity index (χ3n) is 6.70. The molecule has 6 heteroatoms. The summed E-state index contributed by atoms with van der Waals surface area (Å²) >= 11 is 1.72. The minimum atomic E-state index is -0.116. The number of benzene rings is 2. The molecule has 1 N–H and O–H groups in total. The van der Waals surface area contributed by atoms with Crippen molar-refractivity contribution in [2.24, 2.45) is 0 Å². The third kappa shape index (κ3) is 12.1. The monoisotopic (exact) mass is 600 g/mol. The van der Waals surface area contributed by atoms with Gasteiger partial charge < -0.3 is 27.0 Å². The maximum absolute atomic E-state index is 13.0. The number of carbonyl (C=O) groups is 1. The Bertz CT molecular complexity index is 1070. The Hall–Kier alpha value is -2.18. The van der Waals surface area contributed by atoms with E-state index in [1.807, 2.05) is 42.5 Å². The molecule has 3 aromatic rings. The molecule has 0 saturated carbocycles. The number of nitrogens with zero attached hydrogens (tertiary/aromatic N) is 1. The Labute approximate surface area is 244 Å². The van der Waals surface area contributed by atoms with Gasteiger partial charge in [-0.25, -0.2) is 0 Å². The third-order valence-corrected chi connectivity index (χ3v) is 7.56. The molecular formula is C32H45BrN2O2S. The van der Waals surface area contributed by atoms with Crippen molar-refractivity contribution in [2.45, 2.75) is 97.4 Å². The first-order chi connectivity index (χ1) is 18.2. The Morgan fingerprint density at radius 3 is 2.18 bits per heavy atom. The van der Waals surface area contributed by atoms with Crippen molar-refractivity contribution in [3.8, 4) is 5.75 Å². The van der Waals surface area contributed by atoms with E-state index in [1.165, 1.54) is 75.5 Å². The summed E-state index contributed by atoms with van der Waals surface area (Å²) in [4.78, 5) is 14.3. The van der Waals surface area contributed by atoms with Gasteiger partial charge in [0, 0.05) is 11.1 Å². The number of hydrogen-bond acceptors (Lipinski definition) is 3. The molecule has 0 spiro atoms. The van der Waals surface area contributed by atoms with Crippen LogP contribution in [-0.4, -0.2) is 12.5 Å². The van der Waals surface area contributed by atoms with Gasteiger partial charge in [-0.15, -0.1) is 0 Å². The van der Waals surface area contributed by atoms with Gasteiger partial charge in [0.2, 0.25) is 5.51 Å². The predicted molar refractivity (Wildman–Crippen MR) is 156 cm³/mol. The first-order valence-corrected chi connectivity index (χ1v) is 15.1. The summed E-state index contributed by atoms with van der Waals surface area (Å²) < 4.78 is 8.11. The quantitative estimate of drug-likeness (QED) is 0.150. The number of ether oxygens (including phenoxy) is 1. The minimum Gasteiger partial charge on any atom is -1.00 e. The predicted octanol–water partition coefficient (Wildman–Crippen LogP) is 5.73. The van der Waals surface area contributed by atoms with Crippen LogP contribution in [0.25, 0.3) is 0 Å². The number of aryl methyl sites for hydroxylation is 1. The lowest BCUT2D eigenvalue weighted by Gasteiger charge is -2.11. The first-order valence-electron chi connectivity index (χ1n) is 14.2. The molecule has 0 fully saturated rings. The topological polar surface area (TPSA) is 42.2 Å². The van der Waals surface area contributed by atoms with Crippen LogP contribution in [0.1, 0.15) is 105 Å². The van der Waals surface area contributed by atoms with Crippen LogP contribution in [0.2, 0.25) is 0 Å². The zero-order valence-electron chi connectivity index (χ0n) is 23.2. The minimum absolute atomic E-state index is 0. The SMILES string of the molecule is CCCCCCCCCCCCCCOc1cccc(C(=O)Nc2ccccc2C[n+]2csc(C)c2)c1.[Br-]. The van der Waals surface area contributed by atoms with Gasteiger partial charge in [0.1, 0.15) is 5.75 Å². The summed E-state index contributed by atoms with van der Waals surface area (Å²) in [6.07, 6.45) is 18.1. The van der Waals surface area contributed by atoms with Gasteiger partial charge in [-0.1, -0.05) is 113 Å². The van der Waals surface area contributed by atoms with Crippen LogP contribution >= 0.6 is 11.3 Å². The molecule has 0 radical (unpaired) electrons. The molecule has 0 aliphatic carbocycles. The number of halogens is 1.